The van der Waals surface area contributed by atoms with E-state index in [1.54, 1.807) is 65.3 Å². The molecule has 214 valence electrons. The third kappa shape index (κ3) is 7.59. The number of aromatic carboxylic acids is 1. The van der Waals surface area contributed by atoms with Crippen molar-refractivity contribution in [2.24, 2.45) is 4.99 Å². The highest BCUT2D eigenvalue weighted by Crippen LogP contribution is 2.28. The second-order valence-corrected chi connectivity index (χ2v) is 10.9. The Morgan fingerprint density at radius 2 is 1.60 bits per heavy atom. The SMILES string of the molecule is O=C(O)C=Cc1ccc(Cn2nc(-c3cccc(Oc4cccc(C(=O)O)c4)c3)sc2=NC(=O)c2ccccc2)cc1Br. The van der Waals surface area contributed by atoms with E-state index in [-0.39, 0.29) is 12.1 Å². The third-order valence-electron chi connectivity index (χ3n) is 6.04. The van der Waals surface area contributed by atoms with Crippen LogP contribution in [0.25, 0.3) is 16.6 Å². The van der Waals surface area contributed by atoms with Crippen LogP contribution in [0.5, 0.6) is 11.5 Å². The Bertz CT molecular complexity index is 1930. The number of ether oxygens (including phenoxy) is 1. The van der Waals surface area contributed by atoms with Crippen molar-refractivity contribution in [3.05, 3.63) is 135 Å². The molecule has 0 saturated heterocycles. The molecule has 0 aliphatic rings. The van der Waals surface area contributed by atoms with Crippen molar-refractivity contribution in [1.82, 2.24) is 9.78 Å². The molecule has 0 atom stereocenters. The van der Waals surface area contributed by atoms with Crippen LogP contribution in [0.1, 0.15) is 31.8 Å². The molecule has 9 nitrogen and oxygen atoms in total. The van der Waals surface area contributed by atoms with Gasteiger partial charge in [0.2, 0.25) is 4.80 Å². The van der Waals surface area contributed by atoms with E-state index < -0.39 is 17.8 Å². The normalized spacial score (nSPS) is 11.5. The van der Waals surface area contributed by atoms with Gasteiger partial charge in [-0.1, -0.05) is 75.8 Å². The fraction of sp³-hybridized carbons (Fsp3) is 0.0312. The monoisotopic (exact) mass is 655 g/mol. The molecular formula is C32H22BrN3O6S. The van der Waals surface area contributed by atoms with Crippen LogP contribution in [0.4, 0.5) is 0 Å². The highest BCUT2D eigenvalue weighted by atomic mass is 79.9. The molecule has 5 rings (SSSR count). The van der Waals surface area contributed by atoms with E-state index in [0.29, 0.717) is 36.9 Å². The first-order valence-electron chi connectivity index (χ1n) is 12.8. The molecule has 0 aliphatic carbocycles. The molecule has 0 bridgehead atoms. The minimum absolute atomic E-state index is 0.113. The van der Waals surface area contributed by atoms with E-state index in [0.717, 1.165) is 17.2 Å². The van der Waals surface area contributed by atoms with Crippen LogP contribution >= 0.6 is 27.3 Å². The number of carboxylic acid groups (broad SMARTS) is 2. The van der Waals surface area contributed by atoms with Crippen LogP contribution < -0.4 is 9.54 Å². The Labute approximate surface area is 257 Å². The molecule has 0 aliphatic heterocycles. The molecule has 1 aromatic heterocycles. The fourth-order valence-electron chi connectivity index (χ4n) is 4.00. The molecule has 0 unspecified atom stereocenters. The molecule has 43 heavy (non-hydrogen) atoms. The summed E-state index contributed by atoms with van der Waals surface area (Å²) in [5.74, 6) is -1.64. The first-order valence-corrected chi connectivity index (χ1v) is 14.4. The molecule has 0 radical (unpaired) electrons. The molecule has 0 fully saturated rings. The quantitative estimate of drug-likeness (QED) is 0.168. The summed E-state index contributed by atoms with van der Waals surface area (Å²) in [5, 5.41) is 23.6. The molecule has 5 aromatic rings. The molecule has 0 spiro atoms. The Morgan fingerprint density at radius 3 is 2.33 bits per heavy atom. The fourth-order valence-corrected chi connectivity index (χ4v) is 5.46. The van der Waals surface area contributed by atoms with Crippen molar-refractivity contribution < 1.29 is 29.3 Å². The lowest BCUT2D eigenvalue weighted by Gasteiger charge is -2.07. The second-order valence-electron chi connectivity index (χ2n) is 9.12. The maximum atomic E-state index is 13.0. The summed E-state index contributed by atoms with van der Waals surface area (Å²) >= 11 is 4.73. The van der Waals surface area contributed by atoms with Gasteiger partial charge in [0, 0.05) is 21.7 Å². The van der Waals surface area contributed by atoms with E-state index in [2.05, 4.69) is 20.9 Å². The van der Waals surface area contributed by atoms with Crippen molar-refractivity contribution in [3.8, 4) is 22.1 Å². The standard InChI is InChI=1S/C32H22BrN3O6S/c33-27-16-20(12-13-21(27)14-15-28(37)38)19-36-32(34-29(39)22-6-2-1-3-7-22)43-30(35-36)23-8-4-10-25(17-23)42-26-11-5-9-24(18-26)31(40)41/h1-18H,19H2,(H,37,38)(H,40,41). The van der Waals surface area contributed by atoms with Gasteiger partial charge in [-0.3, -0.25) is 4.79 Å². The van der Waals surface area contributed by atoms with Gasteiger partial charge >= 0.3 is 11.9 Å². The summed E-state index contributed by atoms with van der Waals surface area (Å²) in [6.07, 6.45) is 2.56. The van der Waals surface area contributed by atoms with Crippen LogP contribution in [0.2, 0.25) is 0 Å². The van der Waals surface area contributed by atoms with E-state index in [1.165, 1.54) is 29.5 Å². The highest BCUT2D eigenvalue weighted by Gasteiger charge is 2.13. The zero-order valence-electron chi connectivity index (χ0n) is 22.3. The summed E-state index contributed by atoms with van der Waals surface area (Å²) < 4.78 is 8.27. The summed E-state index contributed by atoms with van der Waals surface area (Å²) in [7, 11) is 0. The average molecular weight is 657 g/mol. The number of benzene rings is 4. The number of carboxylic acids is 2. The summed E-state index contributed by atoms with van der Waals surface area (Å²) in [6, 6.07) is 27.6. The van der Waals surface area contributed by atoms with Crippen LogP contribution in [-0.2, 0) is 11.3 Å². The molecule has 0 saturated carbocycles. The predicted molar refractivity (Wildman–Crippen MR) is 165 cm³/mol. The minimum Gasteiger partial charge on any atom is -0.478 e. The van der Waals surface area contributed by atoms with Crippen molar-refractivity contribution in [3.63, 3.8) is 0 Å². The molecular weight excluding hydrogens is 634 g/mol. The maximum absolute atomic E-state index is 13.0. The largest absolute Gasteiger partial charge is 0.478 e. The first-order chi connectivity index (χ1) is 20.7. The zero-order chi connectivity index (χ0) is 30.3. The molecule has 1 amide bonds. The number of hydrogen-bond acceptors (Lipinski definition) is 6. The number of aromatic nitrogens is 2. The first kappa shape index (κ1) is 29.4. The Balaban J connectivity index is 1.50. The third-order valence-corrected chi connectivity index (χ3v) is 7.72. The van der Waals surface area contributed by atoms with Crippen LogP contribution in [0.3, 0.4) is 0 Å². The van der Waals surface area contributed by atoms with Gasteiger partial charge in [0.15, 0.2) is 0 Å². The summed E-state index contributed by atoms with van der Waals surface area (Å²) in [4.78, 5) is 40.0. The van der Waals surface area contributed by atoms with Gasteiger partial charge in [-0.15, -0.1) is 0 Å². The number of carbonyl (C=O) groups excluding carboxylic acids is 1. The average Bonchev–Trinajstić information content (AvgIpc) is 3.39. The van der Waals surface area contributed by atoms with Crippen LogP contribution in [0.15, 0.2) is 113 Å². The van der Waals surface area contributed by atoms with Crippen molar-refractivity contribution in [2.45, 2.75) is 6.54 Å². The summed E-state index contributed by atoms with van der Waals surface area (Å²) in [6.45, 7) is 0.289. The molecule has 2 N–H and O–H groups in total. The van der Waals surface area contributed by atoms with Gasteiger partial charge in [0.25, 0.3) is 5.91 Å². The Kier molecular flexibility index (Phi) is 9.04. The van der Waals surface area contributed by atoms with Gasteiger partial charge in [-0.2, -0.15) is 10.1 Å². The van der Waals surface area contributed by atoms with Gasteiger partial charge in [-0.05, 0) is 65.7 Å². The Morgan fingerprint density at radius 1 is 0.884 bits per heavy atom. The number of nitrogens with zero attached hydrogens (tertiary/aromatic N) is 3. The Hall–Kier alpha value is -5.13. The number of aliphatic carboxylic acids is 1. The maximum Gasteiger partial charge on any atom is 0.335 e. The summed E-state index contributed by atoms with van der Waals surface area (Å²) in [5.41, 5.74) is 2.82. The number of halogens is 1. The zero-order valence-corrected chi connectivity index (χ0v) is 24.7. The predicted octanol–water partition coefficient (Wildman–Crippen LogP) is 6.75. The van der Waals surface area contributed by atoms with Crippen molar-refractivity contribution in [1.29, 1.82) is 0 Å². The van der Waals surface area contributed by atoms with Crippen LogP contribution in [-0.4, -0.2) is 37.8 Å². The van der Waals surface area contributed by atoms with Crippen molar-refractivity contribution >= 4 is 51.2 Å². The minimum atomic E-state index is -1.05. The van der Waals surface area contributed by atoms with E-state index in [9.17, 15) is 19.5 Å². The van der Waals surface area contributed by atoms with E-state index in [1.807, 2.05) is 24.3 Å². The molecule has 11 heteroatoms. The smallest absolute Gasteiger partial charge is 0.335 e. The van der Waals surface area contributed by atoms with Crippen molar-refractivity contribution in [2.75, 3.05) is 0 Å². The highest BCUT2D eigenvalue weighted by molar-refractivity contribution is 9.10. The number of carbonyl (C=O) groups is 3. The lowest BCUT2D eigenvalue weighted by molar-refractivity contribution is -0.131. The lowest BCUT2D eigenvalue weighted by atomic mass is 10.1. The second kappa shape index (κ2) is 13.2. The van der Waals surface area contributed by atoms with Crippen LogP contribution in [0, 0.1) is 0 Å². The number of rotatable bonds is 9. The van der Waals surface area contributed by atoms with Gasteiger partial charge < -0.3 is 14.9 Å². The molecule has 1 heterocycles. The van der Waals surface area contributed by atoms with Gasteiger partial charge in [0.1, 0.15) is 16.5 Å². The number of amides is 1. The molecule has 4 aromatic carbocycles. The lowest BCUT2D eigenvalue weighted by Crippen LogP contribution is -2.19. The topological polar surface area (TPSA) is 131 Å². The van der Waals surface area contributed by atoms with E-state index >= 15 is 0 Å². The van der Waals surface area contributed by atoms with E-state index in [4.69, 9.17) is 14.9 Å². The van der Waals surface area contributed by atoms with Gasteiger partial charge in [-0.25, -0.2) is 14.3 Å². The number of hydrogen-bond donors (Lipinski definition) is 2. The van der Waals surface area contributed by atoms with Gasteiger partial charge in [0.05, 0.1) is 12.1 Å².